The lowest BCUT2D eigenvalue weighted by Gasteiger charge is -2.20. The molecule has 0 spiro atoms. The molecule has 98 valence electrons. The standard InChI is InChI=1S/C12H16N2O3S/c1-2-4-10-13-7-9(18-10)11(15)14-6-3-5-8(14)12(16)17/h7-8H,2-6H2,1H3,(H,16,17). The van der Waals surface area contributed by atoms with Crippen molar-refractivity contribution in [1.82, 2.24) is 9.88 Å². The number of hydrogen-bond acceptors (Lipinski definition) is 4. The Hall–Kier alpha value is -1.43. The number of likely N-dealkylation sites (tertiary alicyclic amines) is 1. The molecule has 1 aromatic rings. The quantitative estimate of drug-likeness (QED) is 0.903. The number of aromatic nitrogens is 1. The smallest absolute Gasteiger partial charge is 0.326 e. The summed E-state index contributed by atoms with van der Waals surface area (Å²) in [6.45, 7) is 2.58. The maximum absolute atomic E-state index is 12.2. The van der Waals surface area contributed by atoms with Crippen LogP contribution >= 0.6 is 11.3 Å². The van der Waals surface area contributed by atoms with Crippen LogP contribution < -0.4 is 0 Å². The van der Waals surface area contributed by atoms with Crippen molar-refractivity contribution in [2.75, 3.05) is 6.54 Å². The monoisotopic (exact) mass is 268 g/mol. The molecule has 5 nitrogen and oxygen atoms in total. The van der Waals surface area contributed by atoms with Crippen LogP contribution in [0.25, 0.3) is 0 Å². The molecule has 1 unspecified atom stereocenters. The summed E-state index contributed by atoms with van der Waals surface area (Å²) in [6, 6.07) is -0.672. The minimum Gasteiger partial charge on any atom is -0.480 e. The molecule has 6 heteroatoms. The molecular weight excluding hydrogens is 252 g/mol. The van der Waals surface area contributed by atoms with E-state index in [2.05, 4.69) is 11.9 Å². The number of thiazole rings is 1. The molecule has 1 amide bonds. The Morgan fingerprint density at radius 3 is 3.06 bits per heavy atom. The van der Waals surface area contributed by atoms with Crippen molar-refractivity contribution in [3.05, 3.63) is 16.1 Å². The predicted molar refractivity (Wildman–Crippen MR) is 67.8 cm³/mol. The van der Waals surface area contributed by atoms with E-state index in [0.29, 0.717) is 17.8 Å². The highest BCUT2D eigenvalue weighted by Gasteiger charge is 2.35. The summed E-state index contributed by atoms with van der Waals surface area (Å²) in [4.78, 5) is 29.5. The lowest BCUT2D eigenvalue weighted by Crippen LogP contribution is -2.40. The average molecular weight is 268 g/mol. The third-order valence-corrected chi connectivity index (χ3v) is 4.07. The second-order valence-corrected chi connectivity index (χ2v) is 5.48. The first-order valence-corrected chi connectivity index (χ1v) is 6.93. The number of amides is 1. The van der Waals surface area contributed by atoms with E-state index < -0.39 is 12.0 Å². The van der Waals surface area contributed by atoms with E-state index in [9.17, 15) is 9.59 Å². The molecule has 0 saturated carbocycles. The minimum atomic E-state index is -0.917. The van der Waals surface area contributed by atoms with Gasteiger partial charge in [-0.1, -0.05) is 6.92 Å². The van der Waals surface area contributed by atoms with Crippen molar-refractivity contribution in [3.63, 3.8) is 0 Å². The summed E-state index contributed by atoms with van der Waals surface area (Å²) >= 11 is 1.37. The highest BCUT2D eigenvalue weighted by atomic mass is 32.1. The van der Waals surface area contributed by atoms with Gasteiger partial charge in [0.05, 0.1) is 11.2 Å². The van der Waals surface area contributed by atoms with Crippen LogP contribution in [-0.2, 0) is 11.2 Å². The Bertz CT molecular complexity index is 458. The number of nitrogens with zero attached hydrogens (tertiary/aromatic N) is 2. The first-order valence-electron chi connectivity index (χ1n) is 6.12. The van der Waals surface area contributed by atoms with E-state index in [1.807, 2.05) is 0 Å². The van der Waals surface area contributed by atoms with Crippen LogP contribution in [0.15, 0.2) is 6.20 Å². The number of hydrogen-bond donors (Lipinski definition) is 1. The molecule has 1 aliphatic heterocycles. The summed E-state index contributed by atoms with van der Waals surface area (Å²) < 4.78 is 0. The molecule has 1 saturated heterocycles. The van der Waals surface area contributed by atoms with Crippen molar-refractivity contribution in [1.29, 1.82) is 0 Å². The molecule has 0 radical (unpaired) electrons. The van der Waals surface area contributed by atoms with Crippen LogP contribution in [0.1, 0.15) is 40.9 Å². The van der Waals surface area contributed by atoms with Crippen molar-refractivity contribution in [2.45, 2.75) is 38.6 Å². The molecule has 1 atom stereocenters. The Labute approximate surface area is 109 Å². The first kappa shape index (κ1) is 13.0. The normalized spacial score (nSPS) is 19.2. The molecule has 1 aliphatic rings. The van der Waals surface area contributed by atoms with Gasteiger partial charge in [0, 0.05) is 6.54 Å². The van der Waals surface area contributed by atoms with Gasteiger partial charge >= 0.3 is 5.97 Å². The van der Waals surface area contributed by atoms with Crippen LogP contribution in [0.2, 0.25) is 0 Å². The van der Waals surface area contributed by atoms with Crippen LogP contribution in [0.5, 0.6) is 0 Å². The molecule has 2 rings (SSSR count). The summed E-state index contributed by atoms with van der Waals surface area (Å²) in [5, 5.41) is 10.00. The SMILES string of the molecule is CCCc1ncc(C(=O)N2CCCC2C(=O)O)s1. The Kier molecular flexibility index (Phi) is 3.96. The molecule has 18 heavy (non-hydrogen) atoms. The number of aliphatic carboxylic acids is 1. The van der Waals surface area contributed by atoms with Crippen LogP contribution in [-0.4, -0.2) is 39.5 Å². The average Bonchev–Trinajstić information content (AvgIpc) is 2.96. The number of carboxylic acids is 1. The van der Waals surface area contributed by atoms with E-state index in [4.69, 9.17) is 5.11 Å². The number of carboxylic acid groups (broad SMARTS) is 1. The third-order valence-electron chi connectivity index (χ3n) is 3.03. The number of carbonyl (C=O) groups excluding carboxylic acids is 1. The van der Waals surface area contributed by atoms with Gasteiger partial charge in [-0.3, -0.25) is 4.79 Å². The molecule has 1 aromatic heterocycles. The van der Waals surface area contributed by atoms with Gasteiger partial charge in [0.2, 0.25) is 0 Å². The maximum atomic E-state index is 12.2. The van der Waals surface area contributed by atoms with Crippen LogP contribution in [0.4, 0.5) is 0 Å². The minimum absolute atomic E-state index is 0.195. The molecule has 1 fully saturated rings. The number of aryl methyl sites for hydroxylation is 1. The Balaban J connectivity index is 2.12. The van der Waals surface area contributed by atoms with E-state index >= 15 is 0 Å². The third kappa shape index (κ3) is 2.53. The summed E-state index contributed by atoms with van der Waals surface area (Å²) in [6.07, 6.45) is 4.71. The Morgan fingerprint density at radius 2 is 2.39 bits per heavy atom. The lowest BCUT2D eigenvalue weighted by atomic mass is 10.2. The Morgan fingerprint density at radius 1 is 1.61 bits per heavy atom. The van der Waals surface area contributed by atoms with Gasteiger partial charge in [-0.15, -0.1) is 11.3 Å². The highest BCUT2D eigenvalue weighted by molar-refractivity contribution is 7.13. The van der Waals surface area contributed by atoms with Gasteiger partial charge in [-0.05, 0) is 25.7 Å². The zero-order chi connectivity index (χ0) is 13.1. The van der Waals surface area contributed by atoms with Gasteiger partial charge in [0.1, 0.15) is 10.9 Å². The summed E-state index contributed by atoms with van der Waals surface area (Å²) in [5.41, 5.74) is 0. The topological polar surface area (TPSA) is 70.5 Å². The molecule has 0 aliphatic carbocycles. The van der Waals surface area contributed by atoms with Gasteiger partial charge in [-0.2, -0.15) is 0 Å². The van der Waals surface area contributed by atoms with E-state index in [-0.39, 0.29) is 5.91 Å². The number of carbonyl (C=O) groups is 2. The zero-order valence-corrected chi connectivity index (χ0v) is 11.1. The van der Waals surface area contributed by atoms with Gasteiger partial charge in [-0.25, -0.2) is 9.78 Å². The summed E-state index contributed by atoms with van der Waals surface area (Å²) in [7, 11) is 0. The van der Waals surface area contributed by atoms with Crippen molar-refractivity contribution >= 4 is 23.2 Å². The van der Waals surface area contributed by atoms with Crippen molar-refractivity contribution < 1.29 is 14.7 Å². The maximum Gasteiger partial charge on any atom is 0.326 e. The molecule has 0 bridgehead atoms. The zero-order valence-electron chi connectivity index (χ0n) is 10.3. The van der Waals surface area contributed by atoms with E-state index in [1.165, 1.54) is 16.2 Å². The van der Waals surface area contributed by atoms with Crippen molar-refractivity contribution in [2.24, 2.45) is 0 Å². The lowest BCUT2D eigenvalue weighted by molar-refractivity contribution is -0.141. The van der Waals surface area contributed by atoms with E-state index in [0.717, 1.165) is 24.3 Å². The molecule has 0 aromatic carbocycles. The second kappa shape index (κ2) is 5.48. The van der Waals surface area contributed by atoms with E-state index in [1.54, 1.807) is 6.20 Å². The van der Waals surface area contributed by atoms with Crippen LogP contribution in [0.3, 0.4) is 0 Å². The second-order valence-electron chi connectivity index (χ2n) is 4.36. The summed E-state index contributed by atoms with van der Waals surface area (Å²) in [5.74, 6) is -1.11. The largest absolute Gasteiger partial charge is 0.480 e. The van der Waals surface area contributed by atoms with Gasteiger partial charge in [0.25, 0.3) is 5.91 Å². The fraction of sp³-hybridized carbons (Fsp3) is 0.583. The number of rotatable bonds is 4. The van der Waals surface area contributed by atoms with Crippen LogP contribution in [0, 0.1) is 0 Å². The molecular formula is C12H16N2O3S. The van der Waals surface area contributed by atoms with Crippen molar-refractivity contribution in [3.8, 4) is 0 Å². The highest BCUT2D eigenvalue weighted by Crippen LogP contribution is 2.23. The fourth-order valence-corrected chi connectivity index (χ4v) is 3.12. The molecule has 2 heterocycles. The predicted octanol–water partition coefficient (Wildman–Crippen LogP) is 1.78. The van der Waals surface area contributed by atoms with Gasteiger partial charge < -0.3 is 10.0 Å². The fourth-order valence-electron chi connectivity index (χ4n) is 2.15. The molecule has 1 N–H and O–H groups in total. The van der Waals surface area contributed by atoms with Gasteiger partial charge in [0.15, 0.2) is 0 Å². The first-order chi connectivity index (χ1) is 8.63.